The van der Waals surface area contributed by atoms with Crippen molar-refractivity contribution in [1.82, 2.24) is 9.88 Å². The van der Waals surface area contributed by atoms with Crippen LogP contribution in [0.1, 0.15) is 60.8 Å². The van der Waals surface area contributed by atoms with Gasteiger partial charge in [-0.25, -0.2) is 9.78 Å². The summed E-state index contributed by atoms with van der Waals surface area (Å²) < 4.78 is 17.8. The molecule has 2 aromatic carbocycles. The number of carboxylic acid groups (broad SMARTS) is 1. The number of rotatable bonds is 10. The largest absolute Gasteiger partial charge is 0.488 e. The Balaban J connectivity index is 1.13. The molecule has 0 unspecified atom stereocenters. The number of para-hydroxylation sites is 1. The Kier molecular flexibility index (Phi) is 9.19. The molecule has 9 nitrogen and oxygen atoms in total. The molecule has 0 amide bonds. The molecule has 3 aromatic rings. The maximum Gasteiger partial charge on any atom is 0.342 e. The maximum atomic E-state index is 11.5. The lowest BCUT2D eigenvalue weighted by Crippen LogP contribution is -2.45. The van der Waals surface area contributed by atoms with Gasteiger partial charge in [0.25, 0.3) is 0 Å². The van der Waals surface area contributed by atoms with E-state index in [1.54, 1.807) is 6.07 Å². The molecule has 1 saturated heterocycles. The lowest BCUT2D eigenvalue weighted by atomic mass is 9.79. The SMILES string of the molecule is CO/C(Nc1cccc(-c2cccc(C)c2OCc2ccc3c(c2)CCN(C2CCC4(CCCO4)CC2)C3)n1)=C(/C=N)C(=O)O. The van der Waals surface area contributed by atoms with Gasteiger partial charge in [0.1, 0.15) is 23.7 Å². The van der Waals surface area contributed by atoms with Crippen LogP contribution in [0, 0.1) is 12.3 Å². The van der Waals surface area contributed by atoms with Crippen LogP contribution in [0.3, 0.4) is 0 Å². The van der Waals surface area contributed by atoms with Crippen LogP contribution in [-0.2, 0) is 33.8 Å². The van der Waals surface area contributed by atoms with Gasteiger partial charge in [0.2, 0.25) is 5.88 Å². The molecule has 3 aliphatic rings. The Labute approximate surface area is 264 Å². The monoisotopic (exact) mass is 610 g/mol. The maximum absolute atomic E-state index is 11.5. The van der Waals surface area contributed by atoms with Crippen molar-refractivity contribution < 1.29 is 24.1 Å². The summed E-state index contributed by atoms with van der Waals surface area (Å²) >= 11 is 0. The van der Waals surface area contributed by atoms with E-state index >= 15 is 0 Å². The molecule has 9 heteroatoms. The lowest BCUT2D eigenvalue weighted by molar-refractivity contribution is -0.132. The molecule has 1 aliphatic carbocycles. The van der Waals surface area contributed by atoms with Crippen molar-refractivity contribution >= 4 is 18.0 Å². The summed E-state index contributed by atoms with van der Waals surface area (Å²) in [5, 5.41) is 19.7. The van der Waals surface area contributed by atoms with E-state index in [0.717, 1.165) is 54.8 Å². The van der Waals surface area contributed by atoms with Crippen molar-refractivity contribution in [2.45, 2.75) is 76.7 Å². The number of fused-ring (bicyclic) bond motifs is 1. The fourth-order valence-corrected chi connectivity index (χ4v) is 7.10. The third-order valence-electron chi connectivity index (χ3n) is 9.57. The van der Waals surface area contributed by atoms with Gasteiger partial charge in [0.05, 0.1) is 18.4 Å². The number of hydrogen-bond donors (Lipinski definition) is 3. The van der Waals surface area contributed by atoms with Gasteiger partial charge in [-0.2, -0.15) is 0 Å². The fraction of sp³-hybridized carbons (Fsp3) is 0.417. The molecule has 45 heavy (non-hydrogen) atoms. The van der Waals surface area contributed by atoms with Gasteiger partial charge in [0, 0.05) is 37.5 Å². The number of methoxy groups -OCH3 is 1. The van der Waals surface area contributed by atoms with Crippen LogP contribution >= 0.6 is 0 Å². The number of benzene rings is 2. The molecule has 1 saturated carbocycles. The molecule has 3 N–H and O–H groups in total. The topological polar surface area (TPSA) is 117 Å². The van der Waals surface area contributed by atoms with Gasteiger partial charge in [0.15, 0.2) is 0 Å². The molecular weight excluding hydrogens is 568 g/mol. The van der Waals surface area contributed by atoms with Gasteiger partial charge < -0.3 is 30.0 Å². The Morgan fingerprint density at radius 2 is 1.98 bits per heavy atom. The summed E-state index contributed by atoms with van der Waals surface area (Å²) in [6, 6.07) is 18.8. The lowest BCUT2D eigenvalue weighted by Gasteiger charge is -2.43. The summed E-state index contributed by atoms with van der Waals surface area (Å²) in [5.74, 6) is -0.193. The highest BCUT2D eigenvalue weighted by molar-refractivity contribution is 6.08. The minimum atomic E-state index is -1.27. The Hall–Kier alpha value is -4.21. The molecule has 236 valence electrons. The predicted molar refractivity (Wildman–Crippen MR) is 174 cm³/mol. The van der Waals surface area contributed by atoms with E-state index in [0.29, 0.717) is 24.2 Å². The molecule has 3 heterocycles. The van der Waals surface area contributed by atoms with Crippen LogP contribution in [-0.4, -0.2) is 59.1 Å². The first kappa shape index (κ1) is 30.8. The van der Waals surface area contributed by atoms with Crippen molar-refractivity contribution in [3.8, 4) is 17.0 Å². The smallest absolute Gasteiger partial charge is 0.342 e. The summed E-state index contributed by atoms with van der Waals surface area (Å²) in [6.45, 7) is 5.51. The number of carbonyl (C=O) groups is 1. The van der Waals surface area contributed by atoms with Crippen LogP contribution < -0.4 is 10.1 Å². The number of nitrogens with one attached hydrogen (secondary N) is 2. The van der Waals surface area contributed by atoms with Crippen molar-refractivity contribution in [2.24, 2.45) is 0 Å². The first-order valence-electron chi connectivity index (χ1n) is 15.9. The zero-order chi connectivity index (χ0) is 31.4. The van der Waals surface area contributed by atoms with Crippen molar-refractivity contribution in [3.05, 3.63) is 88.3 Å². The van der Waals surface area contributed by atoms with Gasteiger partial charge in [-0.15, -0.1) is 0 Å². The average Bonchev–Trinajstić information content (AvgIpc) is 3.51. The first-order chi connectivity index (χ1) is 21.9. The Morgan fingerprint density at radius 1 is 1.16 bits per heavy atom. The highest BCUT2D eigenvalue weighted by Crippen LogP contribution is 2.41. The van der Waals surface area contributed by atoms with E-state index in [2.05, 4.69) is 28.4 Å². The molecular formula is C36H42N4O5. The van der Waals surface area contributed by atoms with Crippen LogP contribution in [0.5, 0.6) is 5.75 Å². The number of hydrogen-bond acceptors (Lipinski definition) is 8. The number of pyridine rings is 1. The zero-order valence-electron chi connectivity index (χ0n) is 26.1. The van der Waals surface area contributed by atoms with Gasteiger partial charge in [-0.05, 0) is 92.3 Å². The fourth-order valence-electron chi connectivity index (χ4n) is 7.10. The predicted octanol–water partition coefficient (Wildman–Crippen LogP) is 6.49. The number of aromatic nitrogens is 1. The van der Waals surface area contributed by atoms with E-state index in [4.69, 9.17) is 24.6 Å². The first-order valence-corrected chi connectivity index (χ1v) is 15.9. The van der Waals surface area contributed by atoms with E-state index in [-0.39, 0.29) is 17.1 Å². The van der Waals surface area contributed by atoms with E-state index in [9.17, 15) is 9.90 Å². The Bertz CT molecular complexity index is 1590. The van der Waals surface area contributed by atoms with Crippen molar-refractivity contribution in [1.29, 1.82) is 5.41 Å². The highest BCUT2D eigenvalue weighted by atomic mass is 16.5. The van der Waals surface area contributed by atoms with Gasteiger partial charge >= 0.3 is 5.97 Å². The molecule has 1 aromatic heterocycles. The second kappa shape index (κ2) is 13.4. The number of carboxylic acids is 1. The van der Waals surface area contributed by atoms with Crippen LogP contribution in [0.4, 0.5) is 5.82 Å². The molecule has 6 rings (SSSR count). The highest BCUT2D eigenvalue weighted by Gasteiger charge is 2.40. The average molecular weight is 611 g/mol. The normalized spacial score (nSPS) is 22.0. The number of aliphatic carboxylic acids is 1. The third kappa shape index (κ3) is 6.74. The minimum Gasteiger partial charge on any atom is -0.488 e. The molecule has 2 aliphatic heterocycles. The number of nitrogens with zero attached hydrogens (tertiary/aromatic N) is 2. The zero-order valence-corrected chi connectivity index (χ0v) is 26.1. The van der Waals surface area contributed by atoms with Crippen LogP contribution in [0.15, 0.2) is 66.1 Å². The molecule has 2 fully saturated rings. The third-order valence-corrected chi connectivity index (χ3v) is 9.57. The minimum absolute atomic E-state index is 0.0656. The molecule has 0 radical (unpaired) electrons. The summed E-state index contributed by atoms with van der Waals surface area (Å²) in [5.41, 5.74) is 6.35. The van der Waals surface area contributed by atoms with Crippen LogP contribution in [0.25, 0.3) is 11.3 Å². The van der Waals surface area contributed by atoms with E-state index in [1.165, 1.54) is 56.8 Å². The summed E-state index contributed by atoms with van der Waals surface area (Å²) in [6.07, 6.45) is 9.14. The summed E-state index contributed by atoms with van der Waals surface area (Å²) in [4.78, 5) is 18.9. The second-order valence-corrected chi connectivity index (χ2v) is 12.4. The van der Waals surface area contributed by atoms with Crippen molar-refractivity contribution in [3.63, 3.8) is 0 Å². The van der Waals surface area contributed by atoms with Crippen LogP contribution in [0.2, 0.25) is 0 Å². The van der Waals surface area contributed by atoms with Crippen molar-refractivity contribution in [2.75, 3.05) is 25.6 Å². The number of aryl methyl sites for hydroxylation is 1. The standard InChI is InChI=1S/C36H42N4O5/c1-24-6-3-7-29(31-8-4-9-32(38-31)39-34(43-2)30(21-37)35(41)42)33(24)44-23-25-10-11-27-22-40(18-14-26(27)20-25)28-12-16-36(17-13-28)15-5-19-45-36/h3-4,6-11,20-21,28,37H,5,12-19,22-23H2,1-2H3,(H,38,39)(H,41,42)/b34-30-,37-21?. The summed E-state index contributed by atoms with van der Waals surface area (Å²) in [7, 11) is 1.35. The van der Waals surface area contributed by atoms with E-state index < -0.39 is 5.97 Å². The molecule has 1 spiro atoms. The molecule has 0 atom stereocenters. The van der Waals surface area contributed by atoms with Gasteiger partial charge in [-0.1, -0.05) is 36.4 Å². The Morgan fingerprint density at radius 3 is 2.71 bits per heavy atom. The quantitative estimate of drug-likeness (QED) is 0.136. The second-order valence-electron chi connectivity index (χ2n) is 12.4. The molecule has 0 bridgehead atoms. The van der Waals surface area contributed by atoms with Gasteiger partial charge in [-0.3, -0.25) is 4.90 Å². The number of ether oxygens (including phenoxy) is 3. The number of anilines is 1. The van der Waals surface area contributed by atoms with E-state index in [1.807, 2.05) is 37.3 Å².